The Morgan fingerprint density at radius 2 is 1.81 bits per heavy atom. The smallest absolute Gasteiger partial charge is 0.0807 e. The lowest BCUT2D eigenvalue weighted by molar-refractivity contribution is -0.0968. The average molecular weight is 229 g/mol. The van der Waals surface area contributed by atoms with Crippen molar-refractivity contribution < 1.29 is 9.47 Å². The van der Waals surface area contributed by atoms with Crippen LogP contribution in [0.3, 0.4) is 0 Å². The van der Waals surface area contributed by atoms with Gasteiger partial charge in [0.05, 0.1) is 11.7 Å². The first-order valence-electron chi connectivity index (χ1n) is 6.59. The van der Waals surface area contributed by atoms with Crippen LogP contribution in [0.15, 0.2) is 0 Å². The third kappa shape index (κ3) is 4.40. The predicted molar refractivity (Wildman–Crippen MR) is 66.5 cm³/mol. The van der Waals surface area contributed by atoms with Gasteiger partial charge in [-0.05, 0) is 26.2 Å². The molecular weight excluding hydrogens is 202 g/mol. The molecule has 0 aromatic carbocycles. The maximum Gasteiger partial charge on any atom is 0.0807 e. The molecule has 96 valence electrons. The summed E-state index contributed by atoms with van der Waals surface area (Å²) in [6.45, 7) is 3.55. The van der Waals surface area contributed by atoms with E-state index in [1.54, 1.807) is 7.11 Å². The largest absolute Gasteiger partial charge is 0.385 e. The minimum Gasteiger partial charge on any atom is -0.385 e. The second-order valence-electron chi connectivity index (χ2n) is 5.01. The molecule has 2 N–H and O–H groups in total. The highest BCUT2D eigenvalue weighted by Crippen LogP contribution is 2.31. The van der Waals surface area contributed by atoms with Gasteiger partial charge >= 0.3 is 0 Å². The minimum absolute atomic E-state index is 0.0519. The molecule has 0 amide bonds. The van der Waals surface area contributed by atoms with Crippen LogP contribution in [0.1, 0.15) is 51.9 Å². The molecule has 1 rings (SSSR count). The zero-order valence-corrected chi connectivity index (χ0v) is 10.8. The molecule has 0 saturated heterocycles. The van der Waals surface area contributed by atoms with Gasteiger partial charge in [-0.1, -0.05) is 25.7 Å². The molecule has 0 heterocycles. The second-order valence-corrected chi connectivity index (χ2v) is 5.01. The Hall–Kier alpha value is -0.120. The van der Waals surface area contributed by atoms with Gasteiger partial charge in [0.15, 0.2) is 0 Å². The molecular formula is C13H27NO2. The minimum atomic E-state index is -0.0519. The van der Waals surface area contributed by atoms with Crippen LogP contribution in [0.4, 0.5) is 0 Å². The summed E-state index contributed by atoms with van der Waals surface area (Å²) in [6.07, 6.45) is 8.64. The molecule has 3 nitrogen and oxygen atoms in total. The third-order valence-corrected chi connectivity index (χ3v) is 3.57. The Morgan fingerprint density at radius 1 is 1.19 bits per heavy atom. The molecule has 1 aliphatic rings. The Balaban J connectivity index is 2.43. The topological polar surface area (TPSA) is 44.5 Å². The molecule has 1 aliphatic carbocycles. The Bertz CT molecular complexity index is 177. The molecule has 0 aromatic heterocycles. The van der Waals surface area contributed by atoms with Crippen LogP contribution in [0, 0.1) is 0 Å². The zero-order valence-electron chi connectivity index (χ0n) is 10.8. The van der Waals surface area contributed by atoms with Crippen LogP contribution in [-0.2, 0) is 9.47 Å². The van der Waals surface area contributed by atoms with Crippen molar-refractivity contribution in [3.63, 3.8) is 0 Å². The number of ether oxygens (including phenoxy) is 2. The fraction of sp³-hybridized carbons (Fsp3) is 1.00. The zero-order chi connectivity index (χ0) is 11.9. The fourth-order valence-electron chi connectivity index (χ4n) is 2.51. The predicted octanol–water partition coefficient (Wildman–Crippen LogP) is 2.48. The van der Waals surface area contributed by atoms with Crippen molar-refractivity contribution in [2.24, 2.45) is 5.73 Å². The van der Waals surface area contributed by atoms with Crippen LogP contribution in [0.25, 0.3) is 0 Å². The molecule has 0 radical (unpaired) electrons. The van der Waals surface area contributed by atoms with E-state index < -0.39 is 0 Å². The number of nitrogens with two attached hydrogens (primary N) is 1. The molecule has 1 fully saturated rings. The van der Waals surface area contributed by atoms with E-state index in [4.69, 9.17) is 15.2 Å². The van der Waals surface area contributed by atoms with Crippen molar-refractivity contribution >= 4 is 0 Å². The molecule has 0 aromatic rings. The van der Waals surface area contributed by atoms with Crippen LogP contribution in [-0.4, -0.2) is 32.0 Å². The first kappa shape index (κ1) is 13.9. The summed E-state index contributed by atoms with van der Waals surface area (Å²) >= 11 is 0. The Kier molecular flexibility index (Phi) is 6.32. The molecule has 0 spiro atoms. The van der Waals surface area contributed by atoms with Crippen LogP contribution in [0.2, 0.25) is 0 Å². The Labute approximate surface area is 99.7 Å². The van der Waals surface area contributed by atoms with Crippen LogP contribution >= 0.6 is 0 Å². The second kappa shape index (κ2) is 7.25. The van der Waals surface area contributed by atoms with Crippen LogP contribution in [0.5, 0.6) is 0 Å². The number of hydrogen-bond donors (Lipinski definition) is 1. The Morgan fingerprint density at radius 3 is 2.31 bits per heavy atom. The van der Waals surface area contributed by atoms with Gasteiger partial charge in [-0.2, -0.15) is 0 Å². The summed E-state index contributed by atoms with van der Waals surface area (Å²) in [7, 11) is 1.73. The van der Waals surface area contributed by atoms with Crippen molar-refractivity contribution in [1.82, 2.24) is 0 Å². The number of rotatable bonds is 6. The lowest BCUT2D eigenvalue weighted by atomic mass is 9.94. The highest BCUT2D eigenvalue weighted by Gasteiger charge is 2.31. The van der Waals surface area contributed by atoms with Gasteiger partial charge in [0.25, 0.3) is 0 Å². The van der Waals surface area contributed by atoms with E-state index in [2.05, 4.69) is 6.92 Å². The summed E-state index contributed by atoms with van der Waals surface area (Å²) in [5.41, 5.74) is 5.88. The standard InChI is InChI=1S/C13H27NO2/c1-12(7-10-15-2)16-13(11-14)8-5-3-4-6-9-13/h12H,3-11,14H2,1-2H3. The molecule has 3 heteroatoms. The average Bonchev–Trinajstić information content (AvgIpc) is 2.52. The number of methoxy groups -OCH3 is 1. The van der Waals surface area contributed by atoms with Crippen molar-refractivity contribution in [2.45, 2.75) is 63.6 Å². The summed E-state index contributed by atoms with van der Waals surface area (Å²) < 4.78 is 11.3. The lowest BCUT2D eigenvalue weighted by Gasteiger charge is -2.34. The fourth-order valence-corrected chi connectivity index (χ4v) is 2.51. The van der Waals surface area contributed by atoms with Gasteiger partial charge in [-0.3, -0.25) is 0 Å². The molecule has 1 saturated carbocycles. The maximum atomic E-state index is 6.21. The van der Waals surface area contributed by atoms with Gasteiger partial charge in [0.1, 0.15) is 0 Å². The third-order valence-electron chi connectivity index (χ3n) is 3.57. The highest BCUT2D eigenvalue weighted by atomic mass is 16.5. The van der Waals surface area contributed by atoms with Crippen molar-refractivity contribution in [2.75, 3.05) is 20.3 Å². The molecule has 16 heavy (non-hydrogen) atoms. The summed E-state index contributed by atoms with van der Waals surface area (Å²) in [5, 5.41) is 0. The van der Waals surface area contributed by atoms with E-state index in [-0.39, 0.29) is 11.7 Å². The van der Waals surface area contributed by atoms with E-state index in [0.29, 0.717) is 6.54 Å². The van der Waals surface area contributed by atoms with E-state index in [1.165, 1.54) is 25.7 Å². The summed E-state index contributed by atoms with van der Waals surface area (Å²) in [4.78, 5) is 0. The quantitative estimate of drug-likeness (QED) is 0.712. The molecule has 1 atom stereocenters. The van der Waals surface area contributed by atoms with E-state index in [9.17, 15) is 0 Å². The van der Waals surface area contributed by atoms with Gasteiger partial charge in [-0.25, -0.2) is 0 Å². The van der Waals surface area contributed by atoms with Crippen molar-refractivity contribution in [3.05, 3.63) is 0 Å². The monoisotopic (exact) mass is 229 g/mol. The summed E-state index contributed by atoms with van der Waals surface area (Å²) in [6, 6.07) is 0. The van der Waals surface area contributed by atoms with Crippen LogP contribution < -0.4 is 5.73 Å². The SMILES string of the molecule is COCCC(C)OC1(CN)CCCCCC1. The van der Waals surface area contributed by atoms with Crippen molar-refractivity contribution in [3.8, 4) is 0 Å². The molecule has 1 unspecified atom stereocenters. The van der Waals surface area contributed by atoms with Gasteiger partial charge in [-0.15, -0.1) is 0 Å². The first-order valence-corrected chi connectivity index (χ1v) is 6.59. The van der Waals surface area contributed by atoms with Crippen molar-refractivity contribution in [1.29, 1.82) is 0 Å². The van der Waals surface area contributed by atoms with E-state index >= 15 is 0 Å². The number of hydrogen-bond acceptors (Lipinski definition) is 3. The normalized spacial score (nSPS) is 22.7. The van der Waals surface area contributed by atoms with Gasteiger partial charge < -0.3 is 15.2 Å². The summed E-state index contributed by atoms with van der Waals surface area (Å²) in [5.74, 6) is 0. The highest BCUT2D eigenvalue weighted by molar-refractivity contribution is 4.85. The maximum absolute atomic E-state index is 6.21. The first-order chi connectivity index (χ1) is 7.72. The van der Waals surface area contributed by atoms with Gasteiger partial charge in [0, 0.05) is 20.3 Å². The molecule has 0 bridgehead atoms. The lowest BCUT2D eigenvalue weighted by Crippen LogP contribution is -2.43. The van der Waals surface area contributed by atoms with Gasteiger partial charge in [0.2, 0.25) is 0 Å². The van der Waals surface area contributed by atoms with E-state index in [1.807, 2.05) is 0 Å². The molecule has 0 aliphatic heterocycles. The van der Waals surface area contributed by atoms with E-state index in [0.717, 1.165) is 25.9 Å².